The first-order chi connectivity index (χ1) is 13.0. The van der Waals surface area contributed by atoms with Gasteiger partial charge in [-0.05, 0) is 48.4 Å². The maximum Gasteiger partial charge on any atom is 0.282 e. The van der Waals surface area contributed by atoms with Crippen LogP contribution in [0, 0.1) is 0 Å². The first-order valence-corrected chi connectivity index (χ1v) is 8.85. The Labute approximate surface area is 162 Å². The Hall–Kier alpha value is -2.99. The third kappa shape index (κ3) is 4.06. The molecule has 0 spiro atoms. The lowest BCUT2D eigenvalue weighted by molar-refractivity contribution is -0.117. The lowest BCUT2D eigenvalue weighted by atomic mass is 10.1. The zero-order chi connectivity index (χ0) is 19.4. The van der Waals surface area contributed by atoms with Crippen LogP contribution in [0.5, 0.6) is 11.5 Å². The zero-order valence-electron chi connectivity index (χ0n) is 15.0. The average Bonchev–Trinajstić information content (AvgIpc) is 2.95. The molecule has 0 saturated carbocycles. The van der Waals surface area contributed by atoms with Crippen molar-refractivity contribution < 1.29 is 19.1 Å². The molecule has 1 N–H and O–H groups in total. The molecular weight excluding hydrogens is 368 g/mol. The van der Waals surface area contributed by atoms with Gasteiger partial charge < -0.3 is 9.47 Å². The van der Waals surface area contributed by atoms with Gasteiger partial charge >= 0.3 is 0 Å². The summed E-state index contributed by atoms with van der Waals surface area (Å²) in [6.07, 6.45) is 2.40. The van der Waals surface area contributed by atoms with Crippen LogP contribution in [0.2, 0.25) is 5.02 Å². The van der Waals surface area contributed by atoms with E-state index in [2.05, 4.69) is 5.43 Å². The normalized spacial score (nSPS) is 15.2. The number of benzene rings is 2. The van der Waals surface area contributed by atoms with Crippen molar-refractivity contribution in [3.8, 4) is 11.5 Å². The van der Waals surface area contributed by atoms with Crippen molar-refractivity contribution in [1.29, 1.82) is 0 Å². The number of amides is 2. The molecular formula is C20H19ClN2O4. The van der Waals surface area contributed by atoms with Crippen molar-refractivity contribution in [3.63, 3.8) is 0 Å². The fourth-order valence-corrected chi connectivity index (χ4v) is 2.81. The highest BCUT2D eigenvalue weighted by atomic mass is 35.5. The first kappa shape index (κ1) is 18.8. The molecule has 0 aromatic heterocycles. The topological polar surface area (TPSA) is 67.9 Å². The quantitative estimate of drug-likeness (QED) is 0.608. The van der Waals surface area contributed by atoms with Crippen molar-refractivity contribution in [2.24, 2.45) is 0 Å². The van der Waals surface area contributed by atoms with Crippen LogP contribution in [0.1, 0.15) is 18.9 Å². The maximum absolute atomic E-state index is 12.7. The summed E-state index contributed by atoms with van der Waals surface area (Å²) in [6.45, 7) is 2.59. The number of carbonyl (C=O) groups excluding carboxylic acids is 2. The molecule has 1 fully saturated rings. The number of hydrogen-bond acceptors (Lipinski definition) is 4. The smallest absolute Gasteiger partial charge is 0.282 e. The van der Waals surface area contributed by atoms with Crippen molar-refractivity contribution in [1.82, 2.24) is 5.43 Å². The number of halogens is 1. The second-order valence-corrected chi connectivity index (χ2v) is 6.31. The van der Waals surface area contributed by atoms with Crippen molar-refractivity contribution >= 4 is 35.2 Å². The molecule has 3 rings (SSSR count). The Morgan fingerprint density at radius 3 is 2.67 bits per heavy atom. The Bertz CT molecular complexity index is 911. The van der Waals surface area contributed by atoms with Gasteiger partial charge in [-0.15, -0.1) is 0 Å². The SMILES string of the molecule is CCCOc1ccc(/C=C2/C(=O)NN(c3cccc(Cl)c3)C2=O)cc1OC. The van der Waals surface area contributed by atoms with Crippen LogP contribution < -0.4 is 19.9 Å². The van der Waals surface area contributed by atoms with Gasteiger partial charge in [0.05, 0.1) is 19.4 Å². The van der Waals surface area contributed by atoms with Crippen molar-refractivity contribution in [2.75, 3.05) is 18.7 Å². The molecule has 0 unspecified atom stereocenters. The summed E-state index contributed by atoms with van der Waals surface area (Å²) in [7, 11) is 1.54. The summed E-state index contributed by atoms with van der Waals surface area (Å²) in [5.41, 5.74) is 3.72. The van der Waals surface area contributed by atoms with E-state index < -0.39 is 11.8 Å². The summed E-state index contributed by atoms with van der Waals surface area (Å²) < 4.78 is 11.0. The summed E-state index contributed by atoms with van der Waals surface area (Å²) in [6, 6.07) is 11.9. The number of ether oxygens (including phenoxy) is 2. The largest absolute Gasteiger partial charge is 0.493 e. The number of anilines is 1. The van der Waals surface area contributed by atoms with E-state index in [1.165, 1.54) is 11.1 Å². The van der Waals surface area contributed by atoms with Crippen molar-refractivity contribution in [3.05, 3.63) is 58.6 Å². The minimum absolute atomic E-state index is 0.0271. The molecule has 1 saturated heterocycles. The van der Waals surface area contributed by atoms with Crippen LogP contribution in [0.3, 0.4) is 0 Å². The van der Waals surface area contributed by atoms with Gasteiger partial charge in [0, 0.05) is 5.02 Å². The molecule has 2 aromatic rings. The lowest BCUT2D eigenvalue weighted by Crippen LogP contribution is -2.35. The molecule has 0 atom stereocenters. The van der Waals surface area contributed by atoms with Gasteiger partial charge in [0.2, 0.25) is 0 Å². The summed E-state index contributed by atoms with van der Waals surface area (Å²) in [5.74, 6) is 0.220. The number of nitrogens with zero attached hydrogens (tertiary/aromatic N) is 1. The Kier molecular flexibility index (Phi) is 5.66. The second-order valence-electron chi connectivity index (χ2n) is 5.88. The Balaban J connectivity index is 1.88. The molecule has 1 aliphatic rings. The van der Waals surface area contributed by atoms with Gasteiger partial charge in [0.15, 0.2) is 11.5 Å². The molecule has 2 amide bonds. The standard InChI is InChI=1S/C20H19ClN2O4/c1-3-9-27-17-8-7-13(11-18(17)26-2)10-16-19(24)22-23(20(16)25)15-6-4-5-14(21)12-15/h4-8,10-12H,3,9H2,1-2H3,(H,22,24)/b16-10-. The highest BCUT2D eigenvalue weighted by molar-refractivity contribution is 6.33. The third-order valence-corrected chi connectivity index (χ3v) is 4.15. The van der Waals surface area contributed by atoms with E-state index >= 15 is 0 Å². The van der Waals surface area contributed by atoms with Gasteiger partial charge in [-0.2, -0.15) is 0 Å². The molecule has 2 aromatic carbocycles. The van der Waals surface area contributed by atoms with E-state index in [9.17, 15) is 9.59 Å². The van der Waals surface area contributed by atoms with Gasteiger partial charge in [-0.3, -0.25) is 15.0 Å². The molecule has 27 heavy (non-hydrogen) atoms. The van der Waals surface area contributed by atoms with Crippen LogP contribution in [-0.2, 0) is 9.59 Å². The number of nitrogens with one attached hydrogen (secondary N) is 1. The third-order valence-electron chi connectivity index (χ3n) is 3.92. The van der Waals surface area contributed by atoms with E-state index in [4.69, 9.17) is 21.1 Å². The lowest BCUT2D eigenvalue weighted by Gasteiger charge is -2.14. The van der Waals surface area contributed by atoms with E-state index in [0.717, 1.165) is 6.42 Å². The number of rotatable bonds is 6. The van der Waals surface area contributed by atoms with Gasteiger partial charge in [-0.25, -0.2) is 5.01 Å². The van der Waals surface area contributed by atoms with Gasteiger partial charge in [-0.1, -0.05) is 30.7 Å². The van der Waals surface area contributed by atoms with Crippen LogP contribution in [0.4, 0.5) is 5.69 Å². The number of hydrazine groups is 1. The molecule has 140 valence electrons. The molecule has 7 heteroatoms. The molecule has 0 radical (unpaired) electrons. The van der Waals surface area contributed by atoms with Crippen LogP contribution in [-0.4, -0.2) is 25.5 Å². The second kappa shape index (κ2) is 8.14. The number of hydrogen-bond donors (Lipinski definition) is 1. The van der Waals surface area contributed by atoms with E-state index in [1.807, 2.05) is 6.92 Å². The number of methoxy groups -OCH3 is 1. The number of carbonyl (C=O) groups is 2. The first-order valence-electron chi connectivity index (χ1n) is 8.47. The fourth-order valence-electron chi connectivity index (χ4n) is 2.63. The highest BCUT2D eigenvalue weighted by Gasteiger charge is 2.34. The maximum atomic E-state index is 12.7. The zero-order valence-corrected chi connectivity index (χ0v) is 15.7. The van der Waals surface area contributed by atoms with Crippen LogP contribution in [0.25, 0.3) is 6.08 Å². The molecule has 0 aliphatic carbocycles. The average molecular weight is 387 g/mol. The van der Waals surface area contributed by atoms with Gasteiger partial charge in [0.1, 0.15) is 5.57 Å². The summed E-state index contributed by atoms with van der Waals surface area (Å²) in [4.78, 5) is 25.0. The molecule has 1 aliphatic heterocycles. The Morgan fingerprint density at radius 1 is 1.15 bits per heavy atom. The minimum Gasteiger partial charge on any atom is -0.493 e. The predicted molar refractivity (Wildman–Crippen MR) is 104 cm³/mol. The van der Waals surface area contributed by atoms with E-state index in [1.54, 1.807) is 49.6 Å². The highest BCUT2D eigenvalue weighted by Crippen LogP contribution is 2.30. The molecule has 1 heterocycles. The monoisotopic (exact) mass is 386 g/mol. The van der Waals surface area contributed by atoms with E-state index in [-0.39, 0.29) is 5.57 Å². The predicted octanol–water partition coefficient (Wildman–Crippen LogP) is 3.60. The van der Waals surface area contributed by atoms with Crippen molar-refractivity contribution in [2.45, 2.75) is 13.3 Å². The fraction of sp³-hybridized carbons (Fsp3) is 0.200. The Morgan fingerprint density at radius 2 is 1.96 bits per heavy atom. The van der Waals surface area contributed by atoms with Gasteiger partial charge in [0.25, 0.3) is 11.8 Å². The van der Waals surface area contributed by atoms with Crippen LogP contribution >= 0.6 is 11.6 Å². The summed E-state index contributed by atoms with van der Waals surface area (Å²) >= 11 is 5.97. The molecule has 0 bridgehead atoms. The van der Waals surface area contributed by atoms with E-state index in [0.29, 0.717) is 34.4 Å². The minimum atomic E-state index is -0.481. The van der Waals surface area contributed by atoms with Crippen LogP contribution in [0.15, 0.2) is 48.0 Å². The molecule has 6 nitrogen and oxygen atoms in total. The summed E-state index contributed by atoms with van der Waals surface area (Å²) in [5, 5.41) is 1.65.